The Morgan fingerprint density at radius 1 is 0.830 bits per heavy atom. The van der Waals surface area contributed by atoms with Gasteiger partial charge in [-0.15, -0.1) is 0 Å². The molecule has 1 fully saturated rings. The summed E-state index contributed by atoms with van der Waals surface area (Å²) in [4.78, 5) is 126. The predicted octanol–water partition coefficient (Wildman–Crippen LogP) is -4.03. The van der Waals surface area contributed by atoms with Crippen LogP contribution in [0.3, 0.4) is 0 Å². The second kappa shape index (κ2) is 22.0. The normalized spacial score (nSPS) is 23.0. The summed E-state index contributed by atoms with van der Waals surface area (Å²) < 4.78 is 0. The van der Waals surface area contributed by atoms with E-state index in [1.54, 1.807) is 30.3 Å². The van der Waals surface area contributed by atoms with Gasteiger partial charge in [-0.1, -0.05) is 30.3 Å². The quantitative estimate of drug-likeness (QED) is 0.116. The maximum absolute atomic E-state index is 13.7. The lowest BCUT2D eigenvalue weighted by Gasteiger charge is -2.25. The lowest BCUT2D eigenvalue weighted by atomic mass is 10.0. The number of hydrogen-bond donors (Lipinski definition) is 10. The zero-order valence-electron chi connectivity index (χ0n) is 29.5. The van der Waals surface area contributed by atoms with Crippen LogP contribution in [0.5, 0.6) is 0 Å². The summed E-state index contributed by atoms with van der Waals surface area (Å²) in [6.45, 7) is 1.32. The van der Waals surface area contributed by atoms with Crippen molar-refractivity contribution in [1.29, 1.82) is 0 Å². The third-order valence-electron chi connectivity index (χ3n) is 7.84. The van der Waals surface area contributed by atoms with Crippen LogP contribution in [0, 0.1) is 0 Å². The van der Waals surface area contributed by atoms with Gasteiger partial charge in [-0.25, -0.2) is 4.79 Å². The molecule has 20 heteroatoms. The fourth-order valence-electron chi connectivity index (χ4n) is 4.98. The highest BCUT2D eigenvalue weighted by Gasteiger charge is 2.31. The predicted molar refractivity (Wildman–Crippen MR) is 185 cm³/mol. The molecule has 290 valence electrons. The molecule has 11 N–H and O–H groups in total. The van der Waals surface area contributed by atoms with E-state index in [9.17, 15) is 53.1 Å². The molecule has 5 atom stereocenters. The number of rotatable bonds is 9. The van der Waals surface area contributed by atoms with Crippen LogP contribution >= 0.6 is 0 Å². The number of amides is 9. The van der Waals surface area contributed by atoms with Crippen LogP contribution in [0.25, 0.3) is 0 Å². The molecule has 0 aromatic heterocycles. The van der Waals surface area contributed by atoms with Gasteiger partial charge < -0.3 is 53.4 Å². The van der Waals surface area contributed by atoms with Crippen LogP contribution in [0.15, 0.2) is 30.3 Å². The number of benzene rings is 1. The van der Waals surface area contributed by atoms with Crippen molar-refractivity contribution < 1.29 is 53.1 Å². The van der Waals surface area contributed by atoms with Gasteiger partial charge in [-0.05, 0) is 38.2 Å². The van der Waals surface area contributed by atoms with Gasteiger partial charge in [0.25, 0.3) is 0 Å². The van der Waals surface area contributed by atoms with Crippen molar-refractivity contribution in [3.8, 4) is 0 Å². The highest BCUT2D eigenvalue weighted by atomic mass is 16.4. The minimum Gasteiger partial charge on any atom is -0.480 e. The van der Waals surface area contributed by atoms with E-state index in [0.717, 1.165) is 0 Å². The molecular weight excluding hydrogens is 698 g/mol. The number of carboxylic acid groups (broad SMARTS) is 1. The van der Waals surface area contributed by atoms with E-state index in [-0.39, 0.29) is 51.5 Å². The van der Waals surface area contributed by atoms with E-state index in [2.05, 4.69) is 42.5 Å². The molecule has 0 aliphatic carbocycles. The minimum atomic E-state index is -1.48. The van der Waals surface area contributed by atoms with Crippen molar-refractivity contribution >= 4 is 59.1 Å². The first kappa shape index (κ1) is 43.1. The van der Waals surface area contributed by atoms with Crippen molar-refractivity contribution in [3.63, 3.8) is 0 Å². The lowest BCUT2D eigenvalue weighted by molar-refractivity contribution is -0.142. The van der Waals surface area contributed by atoms with Crippen molar-refractivity contribution in [1.82, 2.24) is 42.5 Å². The fraction of sp³-hybridized carbons (Fsp3) is 0.515. The van der Waals surface area contributed by atoms with E-state index in [4.69, 9.17) is 5.73 Å². The number of carbonyl (C=O) groups excluding carboxylic acids is 9. The molecule has 1 aliphatic heterocycles. The summed E-state index contributed by atoms with van der Waals surface area (Å²) in [5, 5.41) is 28.9. The molecule has 0 spiro atoms. The number of carboxylic acids is 1. The zero-order chi connectivity index (χ0) is 39.5. The molecular formula is C33H47N9O11. The molecule has 1 heterocycles. The topological polar surface area (TPSA) is 313 Å². The number of aliphatic carboxylic acids is 1. The highest BCUT2D eigenvalue weighted by molar-refractivity contribution is 5.96. The Kier molecular flexibility index (Phi) is 17.9. The van der Waals surface area contributed by atoms with Crippen molar-refractivity contribution in [2.24, 2.45) is 5.73 Å². The van der Waals surface area contributed by atoms with Gasteiger partial charge in [0.2, 0.25) is 53.2 Å². The Morgan fingerprint density at radius 3 is 2.15 bits per heavy atom. The van der Waals surface area contributed by atoms with E-state index in [1.165, 1.54) is 13.8 Å². The minimum absolute atomic E-state index is 0.0286. The third-order valence-corrected chi connectivity index (χ3v) is 7.84. The summed E-state index contributed by atoms with van der Waals surface area (Å²) in [7, 11) is 0. The average molecular weight is 746 g/mol. The maximum atomic E-state index is 13.7. The standard InChI is InChI=1S/C33H47N9O11/c1-18-29(48)41-23(33(52)53)11-13-26(45)35-14-6-9-21(39-28(47)16-36-19(2)43)31(50)40-22(10-12-25(34)44)32(51)42-24(15-20-7-4-3-5-8-20)30(49)37-17-27(46)38-18/h3-5,7-8,18,21-24H,6,9-17H2,1-2H3,(H2,34,44)(H,35,45)(H,36,43)(H,37,49)(H,38,46)(H,39,47)(H,40,50)(H,41,48)(H,42,51)(H,52,53)/t18-,21?,22-,23?,24?/m0/s1. The molecule has 1 aromatic carbocycles. The van der Waals surface area contributed by atoms with Gasteiger partial charge in [0.15, 0.2) is 0 Å². The second-order valence-electron chi connectivity index (χ2n) is 12.3. The molecule has 0 saturated carbocycles. The zero-order valence-corrected chi connectivity index (χ0v) is 29.5. The van der Waals surface area contributed by atoms with E-state index in [0.29, 0.717) is 5.56 Å². The summed E-state index contributed by atoms with van der Waals surface area (Å²) in [6.07, 6.45) is -1.33. The number of nitrogens with one attached hydrogen (secondary N) is 8. The number of nitrogens with two attached hydrogens (primary N) is 1. The van der Waals surface area contributed by atoms with Crippen LogP contribution in [0.2, 0.25) is 0 Å². The van der Waals surface area contributed by atoms with Crippen LogP contribution in [0.4, 0.5) is 0 Å². The Labute approximate surface area is 304 Å². The fourth-order valence-corrected chi connectivity index (χ4v) is 4.98. The molecule has 1 saturated heterocycles. The second-order valence-corrected chi connectivity index (χ2v) is 12.3. The molecule has 0 radical (unpaired) electrons. The Bertz CT molecular complexity index is 1520. The van der Waals surface area contributed by atoms with Gasteiger partial charge in [0, 0.05) is 32.7 Å². The van der Waals surface area contributed by atoms with E-state index in [1.807, 2.05) is 0 Å². The van der Waals surface area contributed by atoms with Crippen molar-refractivity contribution in [2.75, 3.05) is 19.6 Å². The monoisotopic (exact) mass is 745 g/mol. The largest absolute Gasteiger partial charge is 0.480 e. The number of carbonyl (C=O) groups is 10. The van der Waals surface area contributed by atoms with E-state index >= 15 is 0 Å². The number of hydrogen-bond acceptors (Lipinski definition) is 10. The smallest absolute Gasteiger partial charge is 0.326 e. The molecule has 1 aliphatic rings. The lowest BCUT2D eigenvalue weighted by Crippen LogP contribution is -2.58. The average Bonchev–Trinajstić information content (AvgIpc) is 3.10. The molecule has 1 aromatic rings. The molecule has 0 bridgehead atoms. The van der Waals surface area contributed by atoms with Crippen molar-refractivity contribution in [2.45, 2.75) is 89.0 Å². The van der Waals surface area contributed by atoms with Crippen LogP contribution in [-0.2, 0) is 54.4 Å². The first-order chi connectivity index (χ1) is 25.0. The Morgan fingerprint density at radius 2 is 1.51 bits per heavy atom. The van der Waals surface area contributed by atoms with Crippen LogP contribution in [-0.4, -0.2) is 114 Å². The molecule has 53 heavy (non-hydrogen) atoms. The SMILES string of the molecule is CC(=O)NCC(=O)NC1CCCNC(=O)CCC(C(=O)O)NC(=O)[C@H](C)NC(=O)CNC(=O)C(Cc2ccccc2)NC(=O)[C@H](CCC(N)=O)NC1=O. The Hall–Kier alpha value is -6.08. The summed E-state index contributed by atoms with van der Waals surface area (Å²) >= 11 is 0. The maximum Gasteiger partial charge on any atom is 0.326 e. The van der Waals surface area contributed by atoms with Gasteiger partial charge in [-0.2, -0.15) is 0 Å². The molecule has 3 unspecified atom stereocenters. The first-order valence-corrected chi connectivity index (χ1v) is 16.9. The summed E-state index contributed by atoms with van der Waals surface area (Å²) in [6, 6.07) is 1.71. The van der Waals surface area contributed by atoms with E-state index < -0.39 is 102 Å². The van der Waals surface area contributed by atoms with Gasteiger partial charge in [-0.3, -0.25) is 43.2 Å². The number of primary amides is 1. The Balaban J connectivity index is 2.43. The van der Waals surface area contributed by atoms with Crippen LogP contribution < -0.4 is 48.3 Å². The molecule has 20 nitrogen and oxygen atoms in total. The summed E-state index contributed by atoms with van der Waals surface area (Å²) in [5.41, 5.74) is 5.93. The first-order valence-electron chi connectivity index (χ1n) is 16.9. The van der Waals surface area contributed by atoms with Gasteiger partial charge in [0.05, 0.1) is 13.1 Å². The van der Waals surface area contributed by atoms with Gasteiger partial charge in [0.1, 0.15) is 30.2 Å². The third kappa shape index (κ3) is 16.7. The molecule has 9 amide bonds. The van der Waals surface area contributed by atoms with Crippen LogP contribution in [0.1, 0.15) is 57.9 Å². The summed E-state index contributed by atoms with van der Waals surface area (Å²) in [5.74, 6) is -8.33. The highest BCUT2D eigenvalue weighted by Crippen LogP contribution is 2.08. The van der Waals surface area contributed by atoms with Crippen molar-refractivity contribution in [3.05, 3.63) is 35.9 Å². The molecule has 2 rings (SSSR count). The van der Waals surface area contributed by atoms with Gasteiger partial charge >= 0.3 is 5.97 Å².